The number of aryl methyl sites for hydroxylation is 1. The molecule has 0 atom stereocenters. The quantitative estimate of drug-likeness (QED) is 0.842. The highest BCUT2D eigenvalue weighted by atomic mass is 14.9. The van der Waals surface area contributed by atoms with E-state index >= 15 is 0 Å². The third-order valence-electron chi connectivity index (χ3n) is 3.24. The number of aromatic nitrogens is 2. The SMILES string of the molecule is Cc1cc(CC(C)C)nc(C2(CN)CC2)n1. The first kappa shape index (κ1) is 11.5. The predicted molar refractivity (Wildman–Crippen MR) is 65.3 cm³/mol. The van der Waals surface area contributed by atoms with Crippen LogP contribution in [0.25, 0.3) is 0 Å². The molecule has 2 N–H and O–H groups in total. The third-order valence-corrected chi connectivity index (χ3v) is 3.24. The van der Waals surface area contributed by atoms with E-state index in [0.717, 1.165) is 36.5 Å². The zero-order valence-corrected chi connectivity index (χ0v) is 10.5. The summed E-state index contributed by atoms with van der Waals surface area (Å²) in [4.78, 5) is 9.24. The van der Waals surface area contributed by atoms with Crippen molar-refractivity contribution in [1.29, 1.82) is 0 Å². The topological polar surface area (TPSA) is 51.8 Å². The molecule has 0 aromatic carbocycles. The molecule has 3 heteroatoms. The maximum absolute atomic E-state index is 5.82. The summed E-state index contributed by atoms with van der Waals surface area (Å²) in [7, 11) is 0. The van der Waals surface area contributed by atoms with Gasteiger partial charge >= 0.3 is 0 Å². The van der Waals surface area contributed by atoms with Gasteiger partial charge in [0.1, 0.15) is 5.82 Å². The molecule has 3 nitrogen and oxygen atoms in total. The maximum atomic E-state index is 5.82. The van der Waals surface area contributed by atoms with Gasteiger partial charge in [-0.15, -0.1) is 0 Å². The lowest BCUT2D eigenvalue weighted by atomic mass is 10.0. The summed E-state index contributed by atoms with van der Waals surface area (Å²) < 4.78 is 0. The van der Waals surface area contributed by atoms with Gasteiger partial charge in [-0.1, -0.05) is 13.8 Å². The molecule has 0 radical (unpaired) electrons. The van der Waals surface area contributed by atoms with E-state index in [1.165, 1.54) is 0 Å². The van der Waals surface area contributed by atoms with Crippen molar-refractivity contribution in [1.82, 2.24) is 9.97 Å². The first-order chi connectivity index (χ1) is 7.55. The Morgan fingerprint density at radius 3 is 2.56 bits per heavy atom. The van der Waals surface area contributed by atoms with Crippen LogP contribution in [0.1, 0.15) is 43.9 Å². The second-order valence-corrected chi connectivity index (χ2v) is 5.41. The zero-order chi connectivity index (χ0) is 11.8. The standard InChI is InChI=1S/C13H21N3/c1-9(2)6-11-7-10(3)15-12(16-11)13(8-14)4-5-13/h7,9H,4-6,8,14H2,1-3H3. The first-order valence-electron chi connectivity index (χ1n) is 6.11. The highest BCUT2D eigenvalue weighted by Gasteiger charge is 2.45. The molecule has 1 aliphatic carbocycles. The molecule has 0 amide bonds. The van der Waals surface area contributed by atoms with Crippen LogP contribution in [0.4, 0.5) is 0 Å². The molecule has 1 fully saturated rings. The third kappa shape index (κ3) is 2.24. The second kappa shape index (κ2) is 4.13. The Bertz CT molecular complexity index is 381. The van der Waals surface area contributed by atoms with Gasteiger partial charge in [0, 0.05) is 23.3 Å². The van der Waals surface area contributed by atoms with E-state index in [2.05, 4.69) is 29.9 Å². The minimum Gasteiger partial charge on any atom is -0.329 e. The van der Waals surface area contributed by atoms with Crippen molar-refractivity contribution in [2.24, 2.45) is 11.7 Å². The fourth-order valence-corrected chi connectivity index (χ4v) is 2.06. The van der Waals surface area contributed by atoms with Crippen LogP contribution in [0, 0.1) is 12.8 Å². The molecule has 1 aromatic rings. The van der Waals surface area contributed by atoms with Crippen LogP contribution in [0.15, 0.2) is 6.07 Å². The average Bonchev–Trinajstić information content (AvgIpc) is 2.96. The van der Waals surface area contributed by atoms with E-state index in [0.29, 0.717) is 12.5 Å². The molecule has 0 spiro atoms. The number of nitrogens with zero attached hydrogens (tertiary/aromatic N) is 2. The van der Waals surface area contributed by atoms with Crippen LogP contribution in [-0.4, -0.2) is 16.5 Å². The van der Waals surface area contributed by atoms with E-state index in [9.17, 15) is 0 Å². The molecule has 0 saturated heterocycles. The van der Waals surface area contributed by atoms with E-state index < -0.39 is 0 Å². The number of nitrogens with two attached hydrogens (primary N) is 1. The fourth-order valence-electron chi connectivity index (χ4n) is 2.06. The minimum absolute atomic E-state index is 0.109. The van der Waals surface area contributed by atoms with Crippen LogP contribution in [0.3, 0.4) is 0 Å². The lowest BCUT2D eigenvalue weighted by Gasteiger charge is -2.13. The Kier molecular flexibility index (Phi) is 2.98. The largest absolute Gasteiger partial charge is 0.329 e. The van der Waals surface area contributed by atoms with Gasteiger partial charge < -0.3 is 5.73 Å². The van der Waals surface area contributed by atoms with Gasteiger partial charge in [0.2, 0.25) is 0 Å². The van der Waals surface area contributed by atoms with E-state index in [-0.39, 0.29) is 5.41 Å². The van der Waals surface area contributed by atoms with Gasteiger partial charge in [0.05, 0.1) is 0 Å². The lowest BCUT2D eigenvalue weighted by Crippen LogP contribution is -2.23. The van der Waals surface area contributed by atoms with Crippen molar-refractivity contribution in [2.75, 3.05) is 6.54 Å². The first-order valence-corrected chi connectivity index (χ1v) is 6.11. The minimum atomic E-state index is 0.109. The molecular weight excluding hydrogens is 198 g/mol. The van der Waals surface area contributed by atoms with Crippen molar-refractivity contribution in [2.45, 2.75) is 45.4 Å². The van der Waals surface area contributed by atoms with Crippen LogP contribution in [0.2, 0.25) is 0 Å². The summed E-state index contributed by atoms with van der Waals surface area (Å²) in [5.41, 5.74) is 8.16. The van der Waals surface area contributed by atoms with Gasteiger partial charge in [0.15, 0.2) is 0 Å². The molecule has 0 bridgehead atoms. The van der Waals surface area contributed by atoms with Gasteiger partial charge in [-0.05, 0) is 38.2 Å². The maximum Gasteiger partial charge on any atom is 0.136 e. The average molecular weight is 219 g/mol. The van der Waals surface area contributed by atoms with E-state index in [4.69, 9.17) is 5.73 Å². The van der Waals surface area contributed by atoms with Gasteiger partial charge in [-0.25, -0.2) is 9.97 Å². The smallest absolute Gasteiger partial charge is 0.136 e. The monoisotopic (exact) mass is 219 g/mol. The molecule has 1 saturated carbocycles. The Morgan fingerprint density at radius 1 is 1.38 bits per heavy atom. The van der Waals surface area contributed by atoms with Crippen molar-refractivity contribution >= 4 is 0 Å². The van der Waals surface area contributed by atoms with Gasteiger partial charge in [-0.2, -0.15) is 0 Å². The van der Waals surface area contributed by atoms with Crippen molar-refractivity contribution in [3.63, 3.8) is 0 Å². The summed E-state index contributed by atoms with van der Waals surface area (Å²) in [6.45, 7) is 7.15. The van der Waals surface area contributed by atoms with Crippen molar-refractivity contribution in [3.05, 3.63) is 23.3 Å². The number of rotatable bonds is 4. The van der Waals surface area contributed by atoms with Crippen molar-refractivity contribution in [3.8, 4) is 0 Å². The molecule has 88 valence electrons. The van der Waals surface area contributed by atoms with Crippen molar-refractivity contribution < 1.29 is 0 Å². The number of hydrogen-bond acceptors (Lipinski definition) is 3. The van der Waals surface area contributed by atoms with Gasteiger partial charge in [0.25, 0.3) is 0 Å². The Morgan fingerprint density at radius 2 is 2.06 bits per heavy atom. The summed E-state index contributed by atoms with van der Waals surface area (Å²) in [5, 5.41) is 0. The molecule has 1 heterocycles. The van der Waals surface area contributed by atoms with E-state index in [1.807, 2.05) is 6.92 Å². The summed E-state index contributed by atoms with van der Waals surface area (Å²) >= 11 is 0. The Balaban J connectivity index is 2.29. The van der Waals surface area contributed by atoms with E-state index in [1.54, 1.807) is 0 Å². The van der Waals surface area contributed by atoms with Crippen LogP contribution < -0.4 is 5.73 Å². The van der Waals surface area contributed by atoms with Crippen LogP contribution >= 0.6 is 0 Å². The predicted octanol–water partition coefficient (Wildman–Crippen LogP) is 1.97. The van der Waals surface area contributed by atoms with Crippen LogP contribution in [0.5, 0.6) is 0 Å². The molecule has 1 aliphatic rings. The molecule has 0 aliphatic heterocycles. The summed E-state index contributed by atoms with van der Waals surface area (Å²) in [6, 6.07) is 2.09. The molecule has 2 rings (SSSR count). The highest BCUT2D eigenvalue weighted by Crippen LogP contribution is 2.45. The molecule has 16 heavy (non-hydrogen) atoms. The second-order valence-electron chi connectivity index (χ2n) is 5.41. The Labute approximate surface area is 97.5 Å². The molecule has 0 unspecified atom stereocenters. The number of hydrogen-bond donors (Lipinski definition) is 1. The zero-order valence-electron chi connectivity index (χ0n) is 10.5. The van der Waals surface area contributed by atoms with Crippen LogP contribution in [-0.2, 0) is 11.8 Å². The summed E-state index contributed by atoms with van der Waals surface area (Å²) in [6.07, 6.45) is 3.32. The normalized spacial score (nSPS) is 17.8. The molecular formula is C13H21N3. The summed E-state index contributed by atoms with van der Waals surface area (Å²) in [5.74, 6) is 1.61. The fraction of sp³-hybridized carbons (Fsp3) is 0.692. The molecule has 1 aromatic heterocycles. The lowest BCUT2D eigenvalue weighted by molar-refractivity contribution is 0.603. The highest BCUT2D eigenvalue weighted by molar-refractivity contribution is 5.22. The Hall–Kier alpha value is -0.960. The van der Waals surface area contributed by atoms with Gasteiger partial charge in [-0.3, -0.25) is 0 Å².